The molecule has 0 unspecified atom stereocenters. The Morgan fingerprint density at radius 1 is 1.20 bits per heavy atom. The molecular weight excluding hydrogens is 180 g/mol. The fourth-order valence-electron chi connectivity index (χ4n) is 1.70. The molecule has 80 valence electrons. The molecule has 15 heavy (non-hydrogen) atoms. The lowest BCUT2D eigenvalue weighted by molar-refractivity contribution is 0.915. The van der Waals surface area contributed by atoms with Crippen molar-refractivity contribution < 1.29 is 0 Å². The Morgan fingerprint density at radius 3 is 2.33 bits per heavy atom. The Balaban J connectivity index is 2.82. The highest BCUT2D eigenvalue weighted by atomic mass is 14.1. The summed E-state index contributed by atoms with van der Waals surface area (Å²) in [4.78, 5) is 0. The zero-order valence-corrected chi connectivity index (χ0v) is 10.1. The van der Waals surface area contributed by atoms with Gasteiger partial charge in [-0.1, -0.05) is 42.5 Å². The zero-order valence-electron chi connectivity index (χ0n) is 10.1. The van der Waals surface area contributed by atoms with Gasteiger partial charge in [0.15, 0.2) is 0 Å². The first kappa shape index (κ1) is 11.8. The minimum atomic E-state index is 1.08. The van der Waals surface area contributed by atoms with Crippen LogP contribution < -0.4 is 0 Å². The van der Waals surface area contributed by atoms with Gasteiger partial charge >= 0.3 is 0 Å². The molecule has 0 radical (unpaired) electrons. The van der Waals surface area contributed by atoms with Crippen molar-refractivity contribution in [1.82, 2.24) is 0 Å². The van der Waals surface area contributed by atoms with Gasteiger partial charge in [-0.2, -0.15) is 0 Å². The quantitative estimate of drug-likeness (QED) is 0.578. The molecule has 0 aromatic carbocycles. The third kappa shape index (κ3) is 3.39. The van der Waals surface area contributed by atoms with E-state index >= 15 is 0 Å². The van der Waals surface area contributed by atoms with E-state index in [-0.39, 0.29) is 0 Å². The van der Waals surface area contributed by atoms with E-state index in [2.05, 4.69) is 45.2 Å². The molecule has 0 nitrogen and oxygen atoms in total. The summed E-state index contributed by atoms with van der Waals surface area (Å²) < 4.78 is 0. The van der Waals surface area contributed by atoms with Gasteiger partial charge in [0.05, 0.1) is 0 Å². The van der Waals surface area contributed by atoms with E-state index in [4.69, 9.17) is 0 Å². The Morgan fingerprint density at radius 2 is 1.87 bits per heavy atom. The number of allylic oxidation sites excluding steroid dienone is 8. The Kier molecular flexibility index (Phi) is 3.90. The lowest BCUT2D eigenvalue weighted by Crippen LogP contribution is -1.95. The highest BCUT2D eigenvalue weighted by molar-refractivity contribution is 5.48. The number of rotatable bonds is 3. The maximum atomic E-state index is 4.15. The molecule has 1 rings (SSSR count). The number of hydrogen-bond donors (Lipinski definition) is 0. The van der Waals surface area contributed by atoms with Crippen molar-refractivity contribution in [3.05, 3.63) is 59.3 Å². The fraction of sp³-hybridized carbons (Fsp3) is 0.333. The largest absolute Gasteiger partial charge is 0.0961 e. The van der Waals surface area contributed by atoms with Gasteiger partial charge in [0, 0.05) is 0 Å². The van der Waals surface area contributed by atoms with Gasteiger partial charge in [0.1, 0.15) is 0 Å². The van der Waals surface area contributed by atoms with E-state index in [0.717, 1.165) is 24.0 Å². The van der Waals surface area contributed by atoms with Crippen molar-refractivity contribution in [3.63, 3.8) is 0 Å². The molecule has 0 amide bonds. The first-order valence-corrected chi connectivity index (χ1v) is 5.40. The van der Waals surface area contributed by atoms with Crippen LogP contribution in [0.1, 0.15) is 33.6 Å². The van der Waals surface area contributed by atoms with E-state index in [9.17, 15) is 0 Å². The summed E-state index contributed by atoms with van der Waals surface area (Å²) in [6.07, 6.45) is 8.75. The molecule has 0 fully saturated rings. The summed E-state index contributed by atoms with van der Waals surface area (Å²) in [6.45, 7) is 14.3. The minimum Gasteiger partial charge on any atom is -0.0961 e. The normalized spacial score (nSPS) is 16.9. The predicted octanol–water partition coefficient (Wildman–Crippen LogP) is 4.73. The van der Waals surface area contributed by atoms with Gasteiger partial charge in [-0.15, -0.1) is 0 Å². The van der Waals surface area contributed by atoms with Crippen LogP contribution in [-0.4, -0.2) is 0 Å². The second-order valence-corrected chi connectivity index (χ2v) is 4.36. The molecule has 0 spiro atoms. The molecule has 0 heterocycles. The molecule has 0 N–H and O–H groups in total. The van der Waals surface area contributed by atoms with Crippen LogP contribution in [0.2, 0.25) is 0 Å². The molecular formula is C15H20. The molecule has 0 aromatic heterocycles. The lowest BCUT2D eigenvalue weighted by atomic mass is 9.91. The maximum Gasteiger partial charge on any atom is -0.0236 e. The highest BCUT2D eigenvalue weighted by Gasteiger charge is 2.07. The summed E-state index contributed by atoms with van der Waals surface area (Å²) in [5, 5.41) is 0. The molecule has 1 aliphatic rings. The van der Waals surface area contributed by atoms with E-state index in [1.807, 2.05) is 6.92 Å². The van der Waals surface area contributed by atoms with Gasteiger partial charge in [-0.05, 0) is 50.3 Å². The fourth-order valence-corrected chi connectivity index (χ4v) is 1.70. The molecule has 0 aliphatic heterocycles. The average molecular weight is 200 g/mol. The second kappa shape index (κ2) is 4.97. The van der Waals surface area contributed by atoms with Crippen molar-refractivity contribution in [1.29, 1.82) is 0 Å². The minimum absolute atomic E-state index is 1.08. The van der Waals surface area contributed by atoms with E-state index in [1.54, 1.807) is 0 Å². The summed E-state index contributed by atoms with van der Waals surface area (Å²) in [5.74, 6) is 0. The summed E-state index contributed by atoms with van der Waals surface area (Å²) >= 11 is 0. The Bertz CT molecular complexity index is 373. The van der Waals surface area contributed by atoms with Crippen LogP contribution in [0.25, 0.3) is 0 Å². The molecule has 0 heteroatoms. The summed E-state index contributed by atoms with van der Waals surface area (Å²) in [7, 11) is 0. The summed E-state index contributed by atoms with van der Waals surface area (Å²) in [5.41, 5.74) is 6.27. The highest BCUT2D eigenvalue weighted by Crippen LogP contribution is 2.27. The Hall–Kier alpha value is -1.30. The van der Waals surface area contributed by atoms with Crippen LogP contribution in [0.15, 0.2) is 59.3 Å². The van der Waals surface area contributed by atoms with Crippen molar-refractivity contribution in [2.24, 2.45) is 0 Å². The topological polar surface area (TPSA) is 0 Å². The van der Waals surface area contributed by atoms with Crippen LogP contribution in [0.4, 0.5) is 0 Å². The molecule has 0 atom stereocenters. The predicted molar refractivity (Wildman–Crippen MR) is 68.8 cm³/mol. The van der Waals surface area contributed by atoms with Crippen LogP contribution in [0.5, 0.6) is 0 Å². The van der Waals surface area contributed by atoms with Crippen molar-refractivity contribution in [2.45, 2.75) is 33.6 Å². The van der Waals surface area contributed by atoms with Crippen LogP contribution >= 0.6 is 0 Å². The molecule has 0 bridgehead atoms. The van der Waals surface area contributed by atoms with Gasteiger partial charge in [0.2, 0.25) is 0 Å². The van der Waals surface area contributed by atoms with Crippen molar-refractivity contribution in [2.75, 3.05) is 0 Å². The van der Waals surface area contributed by atoms with Crippen molar-refractivity contribution in [3.8, 4) is 0 Å². The third-order valence-corrected chi connectivity index (χ3v) is 2.68. The van der Waals surface area contributed by atoms with E-state index in [1.165, 1.54) is 16.7 Å². The standard InChI is InChI=1S/C15H20/c1-11(2)10-13(4)14(5)15-8-6-12(3)7-9-15/h6,8,10H,1,5,7,9H2,2-4H3/b13-10-. The van der Waals surface area contributed by atoms with Gasteiger partial charge < -0.3 is 0 Å². The second-order valence-electron chi connectivity index (χ2n) is 4.36. The van der Waals surface area contributed by atoms with Crippen LogP contribution in [0.3, 0.4) is 0 Å². The van der Waals surface area contributed by atoms with Crippen molar-refractivity contribution >= 4 is 0 Å². The lowest BCUT2D eigenvalue weighted by Gasteiger charge is -2.15. The molecule has 1 aliphatic carbocycles. The van der Waals surface area contributed by atoms with E-state index < -0.39 is 0 Å². The van der Waals surface area contributed by atoms with Gasteiger partial charge in [0.25, 0.3) is 0 Å². The molecule has 0 aromatic rings. The van der Waals surface area contributed by atoms with Crippen LogP contribution in [0, 0.1) is 0 Å². The average Bonchev–Trinajstić information content (AvgIpc) is 2.17. The van der Waals surface area contributed by atoms with Crippen LogP contribution in [-0.2, 0) is 0 Å². The summed E-state index contributed by atoms with van der Waals surface area (Å²) in [6, 6.07) is 0. The monoisotopic (exact) mass is 200 g/mol. The third-order valence-electron chi connectivity index (χ3n) is 2.68. The molecule has 0 saturated heterocycles. The first-order valence-electron chi connectivity index (χ1n) is 5.40. The maximum absolute atomic E-state index is 4.15. The van der Waals surface area contributed by atoms with Gasteiger partial charge in [-0.25, -0.2) is 0 Å². The van der Waals surface area contributed by atoms with Gasteiger partial charge in [-0.3, -0.25) is 0 Å². The number of hydrogen-bond acceptors (Lipinski definition) is 0. The zero-order chi connectivity index (χ0) is 11.4. The first-order chi connectivity index (χ1) is 7.00. The Labute approximate surface area is 93.4 Å². The molecule has 0 saturated carbocycles. The van der Waals surface area contributed by atoms with E-state index in [0.29, 0.717) is 0 Å². The SMILES string of the molecule is C=C(C)/C=C(/C)C(=C)C1=CC=C(C)CC1. The smallest absolute Gasteiger partial charge is 0.0236 e.